The topological polar surface area (TPSA) is 52.9 Å². The van der Waals surface area contributed by atoms with E-state index in [0.717, 1.165) is 12.0 Å². The number of hydrogen-bond donors (Lipinski definition) is 2. The van der Waals surface area contributed by atoms with Crippen LogP contribution >= 0.6 is 0 Å². The van der Waals surface area contributed by atoms with Crippen LogP contribution in [0.15, 0.2) is 60.7 Å². The number of hydrogen-bond acceptors (Lipinski definition) is 4. The van der Waals surface area contributed by atoms with E-state index >= 15 is 0 Å². The molecule has 0 unspecified atom stereocenters. The van der Waals surface area contributed by atoms with Gasteiger partial charge >= 0.3 is 0 Å². The van der Waals surface area contributed by atoms with Gasteiger partial charge < -0.3 is 14.9 Å². The maximum atomic E-state index is 10.4. The van der Waals surface area contributed by atoms with Crippen molar-refractivity contribution in [2.45, 2.75) is 32.1 Å². The van der Waals surface area contributed by atoms with Crippen molar-refractivity contribution in [3.8, 4) is 0 Å². The van der Waals surface area contributed by atoms with Crippen molar-refractivity contribution in [3.05, 3.63) is 71.8 Å². The van der Waals surface area contributed by atoms with Crippen molar-refractivity contribution >= 4 is 0 Å². The predicted molar refractivity (Wildman–Crippen MR) is 100 cm³/mol. The fourth-order valence-corrected chi connectivity index (χ4v) is 2.91. The predicted octanol–water partition coefficient (Wildman–Crippen LogP) is 3.01. The van der Waals surface area contributed by atoms with Gasteiger partial charge in [0.15, 0.2) is 0 Å². The minimum Gasteiger partial charge on any atom is -0.395 e. The van der Waals surface area contributed by atoms with Gasteiger partial charge in [0.2, 0.25) is 0 Å². The van der Waals surface area contributed by atoms with Crippen LogP contribution in [0.3, 0.4) is 0 Å². The summed E-state index contributed by atoms with van der Waals surface area (Å²) in [6, 6.07) is 20.2. The Balaban J connectivity index is 1.84. The van der Waals surface area contributed by atoms with Gasteiger partial charge in [0.25, 0.3) is 0 Å². The molecule has 0 aromatic heterocycles. The second-order valence-corrected chi connectivity index (χ2v) is 6.24. The normalized spacial score (nSPS) is 13.8. The van der Waals surface area contributed by atoms with E-state index in [4.69, 9.17) is 4.74 Å². The molecule has 0 saturated heterocycles. The Morgan fingerprint density at radius 3 is 2.24 bits per heavy atom. The van der Waals surface area contributed by atoms with Crippen molar-refractivity contribution < 1.29 is 14.9 Å². The van der Waals surface area contributed by atoms with Crippen LogP contribution < -0.4 is 0 Å². The van der Waals surface area contributed by atoms with Gasteiger partial charge in [-0.2, -0.15) is 0 Å². The average molecular weight is 343 g/mol. The minimum absolute atomic E-state index is 0.00346. The lowest BCUT2D eigenvalue weighted by Crippen LogP contribution is -2.36. The van der Waals surface area contributed by atoms with E-state index in [1.807, 2.05) is 53.4 Å². The fraction of sp³-hybridized carbons (Fsp3) is 0.429. The van der Waals surface area contributed by atoms with Crippen molar-refractivity contribution in [2.75, 3.05) is 26.3 Å². The summed E-state index contributed by atoms with van der Waals surface area (Å²) in [5, 5.41) is 19.6. The number of benzene rings is 2. The summed E-state index contributed by atoms with van der Waals surface area (Å²) in [6.07, 6.45) is 0.269. The van der Waals surface area contributed by atoms with Gasteiger partial charge in [0.1, 0.15) is 0 Å². The summed E-state index contributed by atoms with van der Waals surface area (Å²) in [4.78, 5) is 2.05. The summed E-state index contributed by atoms with van der Waals surface area (Å²) in [6.45, 7) is 4.14. The van der Waals surface area contributed by atoms with Gasteiger partial charge in [-0.05, 0) is 17.5 Å². The van der Waals surface area contributed by atoms with Gasteiger partial charge in [-0.3, -0.25) is 4.90 Å². The van der Waals surface area contributed by atoms with Gasteiger partial charge in [-0.1, -0.05) is 67.6 Å². The van der Waals surface area contributed by atoms with E-state index in [9.17, 15) is 10.2 Å². The van der Waals surface area contributed by atoms with Crippen LogP contribution in [0.2, 0.25) is 0 Å². The van der Waals surface area contributed by atoms with E-state index in [-0.39, 0.29) is 19.3 Å². The molecule has 2 atom stereocenters. The minimum atomic E-state index is -0.590. The van der Waals surface area contributed by atoms with E-state index in [1.54, 1.807) is 0 Å². The van der Waals surface area contributed by atoms with Crippen LogP contribution in [0.1, 0.15) is 30.6 Å². The molecule has 0 radical (unpaired) electrons. The quantitative estimate of drug-likeness (QED) is 0.658. The molecule has 0 aliphatic carbocycles. The molecule has 0 aliphatic rings. The van der Waals surface area contributed by atoms with E-state index in [2.05, 4.69) is 19.1 Å². The molecule has 0 fully saturated rings. The fourth-order valence-electron chi connectivity index (χ4n) is 2.91. The SMILES string of the molecule is CC[C@H](OC[C@@H](O)CN(CCO)Cc1ccccc1)c1ccccc1. The summed E-state index contributed by atoms with van der Waals surface area (Å²) in [7, 11) is 0. The largest absolute Gasteiger partial charge is 0.395 e. The highest BCUT2D eigenvalue weighted by Gasteiger charge is 2.15. The smallest absolute Gasteiger partial charge is 0.0900 e. The number of aliphatic hydroxyl groups is 2. The highest BCUT2D eigenvalue weighted by molar-refractivity contribution is 5.17. The molecule has 0 heterocycles. The molecule has 0 spiro atoms. The first-order valence-electron chi connectivity index (χ1n) is 8.94. The molecule has 0 aliphatic heterocycles. The molecule has 136 valence electrons. The zero-order valence-corrected chi connectivity index (χ0v) is 14.9. The Morgan fingerprint density at radius 1 is 1.00 bits per heavy atom. The Morgan fingerprint density at radius 2 is 1.64 bits per heavy atom. The molecule has 0 amide bonds. The lowest BCUT2D eigenvalue weighted by Gasteiger charge is -2.25. The monoisotopic (exact) mass is 343 g/mol. The van der Waals surface area contributed by atoms with Crippen LogP contribution in [0.4, 0.5) is 0 Å². The second kappa shape index (κ2) is 11.0. The van der Waals surface area contributed by atoms with Crippen molar-refractivity contribution in [1.82, 2.24) is 4.90 Å². The molecule has 2 N–H and O–H groups in total. The molecule has 2 aromatic carbocycles. The van der Waals surface area contributed by atoms with Crippen LogP contribution in [0.5, 0.6) is 0 Å². The molecule has 2 rings (SSSR count). The molecular formula is C21H29NO3. The van der Waals surface area contributed by atoms with Crippen LogP contribution in [-0.4, -0.2) is 47.5 Å². The van der Waals surface area contributed by atoms with Crippen molar-refractivity contribution in [1.29, 1.82) is 0 Å². The Hall–Kier alpha value is -1.72. The third-order valence-electron chi connectivity index (χ3n) is 4.17. The number of rotatable bonds is 11. The second-order valence-electron chi connectivity index (χ2n) is 6.24. The zero-order chi connectivity index (χ0) is 17.9. The highest BCUT2D eigenvalue weighted by atomic mass is 16.5. The van der Waals surface area contributed by atoms with Gasteiger partial charge in [0.05, 0.1) is 25.4 Å². The molecule has 2 aromatic rings. The van der Waals surface area contributed by atoms with Crippen LogP contribution in [0, 0.1) is 0 Å². The van der Waals surface area contributed by atoms with Gasteiger partial charge in [-0.25, -0.2) is 0 Å². The van der Waals surface area contributed by atoms with Crippen molar-refractivity contribution in [3.63, 3.8) is 0 Å². The first-order valence-corrected chi connectivity index (χ1v) is 8.94. The summed E-state index contributed by atoms with van der Waals surface area (Å²) < 4.78 is 5.93. The van der Waals surface area contributed by atoms with Crippen LogP contribution in [0.25, 0.3) is 0 Å². The van der Waals surface area contributed by atoms with Gasteiger partial charge in [0, 0.05) is 19.6 Å². The lowest BCUT2D eigenvalue weighted by atomic mass is 10.1. The third-order valence-corrected chi connectivity index (χ3v) is 4.17. The molecular weight excluding hydrogens is 314 g/mol. The van der Waals surface area contributed by atoms with Crippen LogP contribution in [-0.2, 0) is 11.3 Å². The summed E-state index contributed by atoms with van der Waals surface area (Å²) >= 11 is 0. The van der Waals surface area contributed by atoms with Crippen molar-refractivity contribution in [2.24, 2.45) is 0 Å². The lowest BCUT2D eigenvalue weighted by molar-refractivity contribution is -0.0257. The van der Waals surface area contributed by atoms with E-state index < -0.39 is 6.10 Å². The number of ether oxygens (including phenoxy) is 1. The maximum absolute atomic E-state index is 10.4. The first-order chi connectivity index (χ1) is 12.2. The summed E-state index contributed by atoms with van der Waals surface area (Å²) in [5.41, 5.74) is 2.30. The third kappa shape index (κ3) is 6.96. The first kappa shape index (κ1) is 19.6. The Kier molecular flexibility index (Phi) is 8.63. The number of nitrogens with zero attached hydrogens (tertiary/aromatic N) is 1. The molecule has 4 nitrogen and oxygen atoms in total. The molecule has 0 saturated carbocycles. The highest BCUT2D eigenvalue weighted by Crippen LogP contribution is 2.20. The Bertz CT molecular complexity index is 576. The molecule has 0 bridgehead atoms. The maximum Gasteiger partial charge on any atom is 0.0900 e. The van der Waals surface area contributed by atoms with Gasteiger partial charge in [-0.15, -0.1) is 0 Å². The van der Waals surface area contributed by atoms with E-state index in [0.29, 0.717) is 19.6 Å². The standard InChI is InChI=1S/C21H29NO3/c1-2-21(19-11-7-4-8-12-19)25-17-20(24)16-22(13-14-23)15-18-9-5-3-6-10-18/h3-12,20-21,23-24H,2,13-17H2,1H3/t20-,21-/m0/s1. The molecule has 4 heteroatoms. The number of aliphatic hydroxyl groups excluding tert-OH is 2. The van der Waals surface area contributed by atoms with E-state index in [1.165, 1.54) is 5.56 Å². The zero-order valence-electron chi connectivity index (χ0n) is 14.9. The molecule has 25 heavy (non-hydrogen) atoms. The Labute approximate surface area is 150 Å². The summed E-state index contributed by atoms with van der Waals surface area (Å²) in [5.74, 6) is 0. The average Bonchev–Trinajstić information content (AvgIpc) is 2.64.